The van der Waals surface area contributed by atoms with E-state index in [4.69, 9.17) is 4.74 Å². The summed E-state index contributed by atoms with van der Waals surface area (Å²) in [6, 6.07) is 0.372. The van der Waals surface area contributed by atoms with Crippen molar-refractivity contribution in [2.24, 2.45) is 0 Å². The minimum Gasteiger partial charge on any atom is -0.377 e. The summed E-state index contributed by atoms with van der Waals surface area (Å²) in [5, 5.41) is 6.85. The molecule has 2 atom stereocenters. The summed E-state index contributed by atoms with van der Waals surface area (Å²) in [5.74, 6) is 0. The molecule has 1 aromatic rings. The average molecular weight is 270 g/mol. The minimum absolute atomic E-state index is 0.293. The predicted octanol–water partition coefficient (Wildman–Crippen LogP) is 3.18. The molecule has 3 nitrogen and oxygen atoms in total. The number of rotatable bonds is 9. The highest BCUT2D eigenvalue weighted by atomic mass is 32.1. The van der Waals surface area contributed by atoms with Crippen LogP contribution in [0.25, 0.3) is 0 Å². The molecule has 0 aromatic carbocycles. The fraction of sp³-hybridized carbons (Fsp3) is 0.786. The Labute approximate surface area is 115 Å². The van der Waals surface area contributed by atoms with Gasteiger partial charge in [-0.15, -0.1) is 11.3 Å². The fourth-order valence-corrected chi connectivity index (χ4v) is 2.85. The van der Waals surface area contributed by atoms with E-state index >= 15 is 0 Å². The van der Waals surface area contributed by atoms with E-state index in [0.717, 1.165) is 37.4 Å². The van der Waals surface area contributed by atoms with Gasteiger partial charge in [-0.05, 0) is 26.8 Å². The van der Waals surface area contributed by atoms with Crippen LogP contribution in [-0.4, -0.2) is 30.3 Å². The number of nitrogens with zero attached hydrogens (tertiary/aromatic N) is 1. The molecule has 4 heteroatoms. The maximum absolute atomic E-state index is 5.89. The quantitative estimate of drug-likeness (QED) is 0.748. The number of aromatic nitrogens is 1. The number of thiazole rings is 1. The van der Waals surface area contributed by atoms with Crippen LogP contribution in [0.15, 0.2) is 5.38 Å². The first kappa shape index (κ1) is 15.6. The van der Waals surface area contributed by atoms with Crippen molar-refractivity contribution in [1.29, 1.82) is 0 Å². The van der Waals surface area contributed by atoms with Crippen molar-refractivity contribution < 1.29 is 4.74 Å². The van der Waals surface area contributed by atoms with Crippen molar-refractivity contribution in [1.82, 2.24) is 10.3 Å². The molecule has 0 saturated carbocycles. The maximum Gasteiger partial charge on any atom is 0.0897 e. The second kappa shape index (κ2) is 8.62. The summed E-state index contributed by atoms with van der Waals surface area (Å²) < 4.78 is 5.89. The van der Waals surface area contributed by atoms with Crippen LogP contribution in [0.1, 0.15) is 44.3 Å². The van der Waals surface area contributed by atoms with Crippen molar-refractivity contribution in [2.75, 3.05) is 13.2 Å². The van der Waals surface area contributed by atoms with Crippen molar-refractivity contribution in [3.05, 3.63) is 16.1 Å². The Kier molecular flexibility index (Phi) is 7.47. The molecule has 1 heterocycles. The standard InChI is InChI=1S/C14H26N2OS/c1-5-8-14(17-7-3)13(15-6-2)9-12-10-18-11(4)16-12/h10,13-15H,5-9H2,1-4H3. The van der Waals surface area contributed by atoms with Crippen LogP contribution < -0.4 is 5.32 Å². The van der Waals surface area contributed by atoms with Crippen LogP contribution in [0.4, 0.5) is 0 Å². The number of ether oxygens (including phenoxy) is 1. The third-order valence-electron chi connectivity index (χ3n) is 2.96. The Balaban J connectivity index is 2.66. The smallest absolute Gasteiger partial charge is 0.0897 e. The number of hydrogen-bond donors (Lipinski definition) is 1. The molecule has 1 rings (SSSR count). The predicted molar refractivity (Wildman–Crippen MR) is 78.3 cm³/mol. The van der Waals surface area contributed by atoms with Crippen molar-refractivity contribution >= 4 is 11.3 Å². The van der Waals surface area contributed by atoms with Gasteiger partial charge < -0.3 is 10.1 Å². The normalized spacial score (nSPS) is 14.7. The summed E-state index contributed by atoms with van der Waals surface area (Å²) in [6.07, 6.45) is 3.52. The molecule has 0 aliphatic heterocycles. The first-order valence-electron chi connectivity index (χ1n) is 6.97. The molecule has 0 fully saturated rings. The van der Waals surface area contributed by atoms with Gasteiger partial charge in [-0.3, -0.25) is 0 Å². The third kappa shape index (κ3) is 5.04. The third-order valence-corrected chi connectivity index (χ3v) is 3.79. The molecule has 0 spiro atoms. The van der Waals surface area contributed by atoms with E-state index in [9.17, 15) is 0 Å². The molecule has 0 saturated heterocycles. The molecule has 1 N–H and O–H groups in total. The Bertz CT molecular complexity index is 321. The average Bonchev–Trinajstić information content (AvgIpc) is 2.74. The lowest BCUT2D eigenvalue weighted by Gasteiger charge is -2.27. The highest BCUT2D eigenvalue weighted by Gasteiger charge is 2.21. The Morgan fingerprint density at radius 1 is 1.39 bits per heavy atom. The van der Waals surface area contributed by atoms with Crippen molar-refractivity contribution in [3.63, 3.8) is 0 Å². The molecule has 0 bridgehead atoms. The highest BCUT2D eigenvalue weighted by Crippen LogP contribution is 2.15. The first-order valence-corrected chi connectivity index (χ1v) is 7.85. The van der Waals surface area contributed by atoms with Crippen LogP contribution >= 0.6 is 11.3 Å². The molecule has 0 radical (unpaired) electrons. The van der Waals surface area contributed by atoms with Crippen LogP contribution in [0, 0.1) is 6.92 Å². The largest absolute Gasteiger partial charge is 0.377 e. The maximum atomic E-state index is 5.89. The lowest BCUT2D eigenvalue weighted by molar-refractivity contribution is 0.0283. The van der Waals surface area contributed by atoms with Gasteiger partial charge in [-0.25, -0.2) is 4.98 Å². The van der Waals surface area contributed by atoms with Gasteiger partial charge in [0.05, 0.1) is 16.8 Å². The second-order valence-corrected chi connectivity index (χ2v) is 5.57. The number of aryl methyl sites for hydroxylation is 1. The van der Waals surface area contributed by atoms with Gasteiger partial charge in [0.15, 0.2) is 0 Å². The SMILES string of the molecule is CCCC(OCC)C(Cc1csc(C)n1)NCC. The highest BCUT2D eigenvalue weighted by molar-refractivity contribution is 7.09. The van der Waals surface area contributed by atoms with E-state index in [-0.39, 0.29) is 0 Å². The zero-order valence-electron chi connectivity index (χ0n) is 12.0. The summed E-state index contributed by atoms with van der Waals surface area (Å²) in [5.41, 5.74) is 1.18. The van der Waals surface area contributed by atoms with E-state index in [0.29, 0.717) is 12.1 Å². The van der Waals surface area contributed by atoms with Gasteiger partial charge in [0.25, 0.3) is 0 Å². The summed E-state index contributed by atoms with van der Waals surface area (Å²) in [6.45, 7) is 10.2. The van der Waals surface area contributed by atoms with Gasteiger partial charge in [-0.1, -0.05) is 20.3 Å². The van der Waals surface area contributed by atoms with Gasteiger partial charge in [0.1, 0.15) is 0 Å². The summed E-state index contributed by atoms with van der Waals surface area (Å²) >= 11 is 1.72. The van der Waals surface area contributed by atoms with E-state index in [1.165, 1.54) is 5.69 Å². The van der Waals surface area contributed by atoms with E-state index in [2.05, 4.69) is 43.4 Å². The van der Waals surface area contributed by atoms with Crippen LogP contribution in [-0.2, 0) is 11.2 Å². The first-order chi connectivity index (χ1) is 8.71. The molecular weight excluding hydrogens is 244 g/mol. The monoisotopic (exact) mass is 270 g/mol. The molecule has 0 amide bonds. The summed E-state index contributed by atoms with van der Waals surface area (Å²) in [4.78, 5) is 4.56. The molecule has 104 valence electrons. The molecule has 2 unspecified atom stereocenters. The number of nitrogens with one attached hydrogen (secondary N) is 1. The Hall–Kier alpha value is -0.450. The van der Waals surface area contributed by atoms with E-state index in [1.54, 1.807) is 11.3 Å². The lowest BCUT2D eigenvalue weighted by atomic mass is 10.0. The van der Waals surface area contributed by atoms with Crippen LogP contribution in [0.3, 0.4) is 0 Å². The Morgan fingerprint density at radius 2 is 2.17 bits per heavy atom. The molecule has 0 aliphatic carbocycles. The lowest BCUT2D eigenvalue weighted by Crippen LogP contribution is -2.43. The molecular formula is C14H26N2OS. The molecule has 0 aliphatic rings. The van der Waals surface area contributed by atoms with Gasteiger partial charge >= 0.3 is 0 Å². The van der Waals surface area contributed by atoms with Gasteiger partial charge in [0, 0.05) is 24.4 Å². The molecule has 1 aromatic heterocycles. The Morgan fingerprint density at radius 3 is 2.67 bits per heavy atom. The minimum atomic E-state index is 0.293. The number of hydrogen-bond acceptors (Lipinski definition) is 4. The number of likely N-dealkylation sites (N-methyl/N-ethyl adjacent to an activating group) is 1. The zero-order valence-corrected chi connectivity index (χ0v) is 12.8. The summed E-state index contributed by atoms with van der Waals surface area (Å²) in [7, 11) is 0. The fourth-order valence-electron chi connectivity index (χ4n) is 2.22. The van der Waals surface area contributed by atoms with Crippen molar-refractivity contribution in [3.8, 4) is 0 Å². The van der Waals surface area contributed by atoms with Gasteiger partial charge in [0.2, 0.25) is 0 Å². The zero-order chi connectivity index (χ0) is 13.4. The van der Waals surface area contributed by atoms with Crippen LogP contribution in [0.5, 0.6) is 0 Å². The van der Waals surface area contributed by atoms with Gasteiger partial charge in [-0.2, -0.15) is 0 Å². The van der Waals surface area contributed by atoms with Crippen molar-refractivity contribution in [2.45, 2.75) is 59.1 Å². The second-order valence-electron chi connectivity index (χ2n) is 4.51. The topological polar surface area (TPSA) is 34.1 Å². The molecule has 18 heavy (non-hydrogen) atoms. The van der Waals surface area contributed by atoms with E-state index < -0.39 is 0 Å². The van der Waals surface area contributed by atoms with E-state index in [1.807, 2.05) is 0 Å². The van der Waals surface area contributed by atoms with Crippen LogP contribution in [0.2, 0.25) is 0 Å².